The zero-order valence-corrected chi connectivity index (χ0v) is 23.0. The average molecular weight is 543 g/mol. The number of anilines is 2. The Morgan fingerprint density at radius 1 is 0.925 bits per heavy atom. The molecule has 2 amide bonds. The molecule has 0 saturated heterocycles. The first kappa shape index (κ1) is 28.2. The van der Waals surface area contributed by atoms with Crippen LogP contribution in [0.3, 0.4) is 0 Å². The molecule has 0 spiro atoms. The molecule has 206 valence electrons. The van der Waals surface area contributed by atoms with Crippen LogP contribution >= 0.6 is 0 Å². The van der Waals surface area contributed by atoms with Crippen molar-refractivity contribution in [2.75, 3.05) is 10.6 Å². The van der Waals surface area contributed by atoms with Crippen molar-refractivity contribution in [2.45, 2.75) is 46.6 Å². The molecule has 0 saturated carbocycles. The van der Waals surface area contributed by atoms with Gasteiger partial charge in [-0.1, -0.05) is 36.4 Å². The number of Topliss-reactive ketones (excluding diaryl/α,β-unsaturated/α-hetero) is 1. The van der Waals surface area contributed by atoms with E-state index in [4.69, 9.17) is 4.74 Å². The predicted molar refractivity (Wildman–Crippen MR) is 152 cm³/mol. The highest BCUT2D eigenvalue weighted by atomic mass is 19.1. The molecule has 4 aromatic rings. The number of carbonyl (C=O) groups is 3. The van der Waals surface area contributed by atoms with Gasteiger partial charge in [-0.15, -0.1) is 0 Å². The highest BCUT2D eigenvalue weighted by molar-refractivity contribution is 6.12. The standard InChI is InChI=1S/C31H31FN4O4/c1-19-18-36(20(2)33-19)23-10-8-9-22(15-23)28(37)17-29(38)34-27-16-21(24-11-6-7-12-25(24)32)13-14-26(27)35-30(39)40-31(3,4)5/h6-16,18H,17H2,1-5H3,(H,34,38)(H,35,39). The number of nitrogens with one attached hydrogen (secondary N) is 2. The third-order valence-corrected chi connectivity index (χ3v) is 5.88. The number of benzene rings is 3. The zero-order chi connectivity index (χ0) is 29.0. The van der Waals surface area contributed by atoms with E-state index in [0.29, 0.717) is 16.7 Å². The van der Waals surface area contributed by atoms with Crippen molar-refractivity contribution in [3.8, 4) is 16.8 Å². The van der Waals surface area contributed by atoms with Gasteiger partial charge in [0.25, 0.3) is 0 Å². The highest BCUT2D eigenvalue weighted by Gasteiger charge is 2.20. The topological polar surface area (TPSA) is 102 Å². The third kappa shape index (κ3) is 6.99. The fourth-order valence-corrected chi connectivity index (χ4v) is 4.18. The summed E-state index contributed by atoms with van der Waals surface area (Å²) in [5, 5.41) is 5.32. The minimum absolute atomic E-state index is 0.197. The number of carbonyl (C=O) groups excluding carboxylic acids is 3. The van der Waals surface area contributed by atoms with E-state index in [0.717, 1.165) is 17.2 Å². The summed E-state index contributed by atoms with van der Waals surface area (Å²) in [6.07, 6.45) is 0.703. The van der Waals surface area contributed by atoms with Crippen molar-refractivity contribution < 1.29 is 23.5 Å². The Bertz CT molecular complexity index is 1590. The molecular formula is C31H31FN4O4. The molecule has 3 aromatic carbocycles. The van der Waals surface area contributed by atoms with E-state index < -0.39 is 29.8 Å². The second-order valence-electron chi connectivity index (χ2n) is 10.4. The molecule has 9 heteroatoms. The van der Waals surface area contributed by atoms with E-state index in [1.807, 2.05) is 30.7 Å². The van der Waals surface area contributed by atoms with Gasteiger partial charge in [0, 0.05) is 23.0 Å². The largest absolute Gasteiger partial charge is 0.444 e. The summed E-state index contributed by atoms with van der Waals surface area (Å²) < 4.78 is 21.7. The van der Waals surface area contributed by atoms with Crippen molar-refractivity contribution in [1.29, 1.82) is 0 Å². The van der Waals surface area contributed by atoms with Gasteiger partial charge in [-0.05, 0) is 70.5 Å². The number of hydrogen-bond donors (Lipinski definition) is 2. The Labute approximate surface area is 232 Å². The van der Waals surface area contributed by atoms with Crippen molar-refractivity contribution in [2.24, 2.45) is 0 Å². The lowest BCUT2D eigenvalue weighted by Crippen LogP contribution is -2.27. The lowest BCUT2D eigenvalue weighted by atomic mass is 10.0. The minimum Gasteiger partial charge on any atom is -0.444 e. The molecule has 8 nitrogen and oxygen atoms in total. The number of halogens is 1. The number of aromatic nitrogens is 2. The number of imidazole rings is 1. The summed E-state index contributed by atoms with van der Waals surface area (Å²) >= 11 is 0. The molecule has 1 aromatic heterocycles. The molecular weight excluding hydrogens is 511 g/mol. The first-order valence-electron chi connectivity index (χ1n) is 12.7. The second-order valence-corrected chi connectivity index (χ2v) is 10.4. The summed E-state index contributed by atoms with van der Waals surface area (Å²) in [5.74, 6) is -0.644. The molecule has 0 aliphatic rings. The van der Waals surface area contributed by atoms with Gasteiger partial charge >= 0.3 is 6.09 Å². The molecule has 0 atom stereocenters. The molecule has 4 rings (SSSR count). The molecule has 0 aliphatic heterocycles. The third-order valence-electron chi connectivity index (χ3n) is 5.88. The molecule has 2 N–H and O–H groups in total. The van der Waals surface area contributed by atoms with Crippen LogP contribution in [0.4, 0.5) is 20.6 Å². The van der Waals surface area contributed by atoms with E-state index in [9.17, 15) is 18.8 Å². The lowest BCUT2D eigenvalue weighted by molar-refractivity contribution is -0.115. The van der Waals surface area contributed by atoms with Gasteiger partial charge in [0.1, 0.15) is 17.2 Å². The summed E-state index contributed by atoms with van der Waals surface area (Å²) in [4.78, 5) is 42.9. The monoisotopic (exact) mass is 542 g/mol. The van der Waals surface area contributed by atoms with Gasteiger partial charge in [-0.2, -0.15) is 0 Å². The summed E-state index contributed by atoms with van der Waals surface area (Å²) in [7, 11) is 0. The van der Waals surface area contributed by atoms with E-state index in [1.165, 1.54) is 12.1 Å². The SMILES string of the molecule is Cc1cn(-c2cccc(C(=O)CC(=O)Nc3cc(-c4ccccc4F)ccc3NC(=O)OC(C)(C)C)c2)c(C)n1. The van der Waals surface area contributed by atoms with Crippen LogP contribution in [0.15, 0.2) is 72.9 Å². The highest BCUT2D eigenvalue weighted by Crippen LogP contribution is 2.31. The minimum atomic E-state index is -0.741. The molecule has 0 fully saturated rings. The Morgan fingerprint density at radius 2 is 1.68 bits per heavy atom. The summed E-state index contributed by atoms with van der Waals surface area (Å²) in [6.45, 7) is 8.94. The Balaban J connectivity index is 1.57. The van der Waals surface area contributed by atoms with Crippen molar-refractivity contribution in [3.63, 3.8) is 0 Å². The molecule has 0 unspecified atom stereocenters. The number of ketones is 1. The Kier molecular flexibility index (Phi) is 8.13. The van der Waals surface area contributed by atoms with Crippen molar-refractivity contribution in [3.05, 3.63) is 95.8 Å². The predicted octanol–water partition coefficient (Wildman–Crippen LogP) is 6.85. The quantitative estimate of drug-likeness (QED) is 0.196. The maximum absolute atomic E-state index is 14.5. The molecule has 40 heavy (non-hydrogen) atoms. The van der Waals surface area contributed by atoms with Crippen LogP contribution in [-0.2, 0) is 9.53 Å². The van der Waals surface area contributed by atoms with Crippen LogP contribution in [0.5, 0.6) is 0 Å². The van der Waals surface area contributed by atoms with Gasteiger partial charge < -0.3 is 14.6 Å². The van der Waals surface area contributed by atoms with Crippen molar-refractivity contribution in [1.82, 2.24) is 9.55 Å². The lowest BCUT2D eigenvalue weighted by Gasteiger charge is -2.21. The van der Waals surface area contributed by atoms with Crippen LogP contribution in [0.1, 0.15) is 49.1 Å². The van der Waals surface area contributed by atoms with Gasteiger partial charge in [0.2, 0.25) is 5.91 Å². The van der Waals surface area contributed by atoms with Gasteiger partial charge in [-0.25, -0.2) is 14.2 Å². The molecule has 0 radical (unpaired) electrons. The number of rotatable bonds is 7. The van der Waals surface area contributed by atoms with E-state index in [-0.39, 0.29) is 17.2 Å². The normalized spacial score (nSPS) is 11.2. The second kappa shape index (κ2) is 11.5. The van der Waals surface area contributed by atoms with Crippen LogP contribution in [0.2, 0.25) is 0 Å². The van der Waals surface area contributed by atoms with Gasteiger partial charge in [0.05, 0.1) is 23.5 Å². The maximum atomic E-state index is 14.5. The molecule has 1 heterocycles. The van der Waals surface area contributed by atoms with Crippen LogP contribution in [-0.4, -0.2) is 32.9 Å². The number of ether oxygens (including phenoxy) is 1. The van der Waals surface area contributed by atoms with Crippen LogP contribution in [0.25, 0.3) is 16.8 Å². The van der Waals surface area contributed by atoms with Crippen LogP contribution < -0.4 is 10.6 Å². The molecule has 0 aliphatic carbocycles. The van der Waals surface area contributed by atoms with E-state index >= 15 is 0 Å². The summed E-state index contributed by atoms with van der Waals surface area (Å²) in [6, 6.07) is 17.9. The van der Waals surface area contributed by atoms with Crippen LogP contribution in [0, 0.1) is 19.7 Å². The number of amides is 2. The average Bonchev–Trinajstić information content (AvgIpc) is 3.22. The fourth-order valence-electron chi connectivity index (χ4n) is 4.18. The van der Waals surface area contributed by atoms with Gasteiger partial charge in [0.15, 0.2) is 5.78 Å². The van der Waals surface area contributed by atoms with Gasteiger partial charge in [-0.3, -0.25) is 14.9 Å². The fraction of sp³-hybridized carbons (Fsp3) is 0.226. The van der Waals surface area contributed by atoms with Crippen molar-refractivity contribution >= 4 is 29.2 Å². The first-order chi connectivity index (χ1) is 18.9. The Morgan fingerprint density at radius 3 is 2.35 bits per heavy atom. The number of hydrogen-bond acceptors (Lipinski definition) is 5. The first-order valence-corrected chi connectivity index (χ1v) is 12.7. The van der Waals surface area contributed by atoms with E-state index in [2.05, 4.69) is 15.6 Å². The number of nitrogens with zero attached hydrogens (tertiary/aromatic N) is 2. The maximum Gasteiger partial charge on any atom is 0.412 e. The van der Waals surface area contributed by atoms with E-state index in [1.54, 1.807) is 69.3 Å². The zero-order valence-electron chi connectivity index (χ0n) is 23.0. The number of aryl methyl sites for hydroxylation is 2. The smallest absolute Gasteiger partial charge is 0.412 e. The molecule has 0 bridgehead atoms. The Hall–Kier alpha value is -4.79. The summed E-state index contributed by atoms with van der Waals surface area (Å²) in [5.41, 5.74) is 2.47.